The Morgan fingerprint density at radius 2 is 2.05 bits per heavy atom. The Bertz CT molecular complexity index is 1700. The molecular formula is C30H33N7O2. The van der Waals surface area contributed by atoms with E-state index in [2.05, 4.69) is 41.0 Å². The van der Waals surface area contributed by atoms with E-state index in [1.165, 1.54) is 23.1 Å². The van der Waals surface area contributed by atoms with E-state index < -0.39 is 5.60 Å². The van der Waals surface area contributed by atoms with Gasteiger partial charge in [-0.3, -0.25) is 4.79 Å². The molecule has 7 rings (SSSR count). The van der Waals surface area contributed by atoms with Crippen molar-refractivity contribution in [1.29, 1.82) is 0 Å². The molecule has 4 aromatic rings. The first-order valence-corrected chi connectivity index (χ1v) is 13.8. The Morgan fingerprint density at radius 1 is 1.21 bits per heavy atom. The average Bonchev–Trinajstić information content (AvgIpc) is 3.57. The monoisotopic (exact) mass is 523 g/mol. The summed E-state index contributed by atoms with van der Waals surface area (Å²) in [7, 11) is 2.18. The number of aliphatic hydroxyl groups is 1. The number of aryl methyl sites for hydroxylation is 2. The third-order valence-corrected chi connectivity index (χ3v) is 8.74. The Kier molecular flexibility index (Phi) is 5.50. The number of benzene rings is 1. The first-order valence-electron chi connectivity index (χ1n) is 13.8. The molecule has 0 saturated carbocycles. The van der Waals surface area contributed by atoms with Crippen molar-refractivity contribution in [3.05, 3.63) is 81.4 Å². The van der Waals surface area contributed by atoms with E-state index in [1.54, 1.807) is 21.6 Å². The number of fused-ring (bicyclic) bond motifs is 2. The largest absolute Gasteiger partial charge is 0.384 e. The van der Waals surface area contributed by atoms with Crippen molar-refractivity contribution in [1.82, 2.24) is 29.2 Å². The maximum Gasteiger partial charge on any atom is 0.278 e. The van der Waals surface area contributed by atoms with Gasteiger partial charge < -0.3 is 15.3 Å². The number of allylic oxidation sites excluding steroid dienone is 1. The van der Waals surface area contributed by atoms with E-state index in [4.69, 9.17) is 9.97 Å². The van der Waals surface area contributed by atoms with Gasteiger partial charge >= 0.3 is 0 Å². The zero-order chi connectivity index (χ0) is 26.9. The second-order valence-corrected chi connectivity index (χ2v) is 11.2. The predicted molar refractivity (Wildman–Crippen MR) is 151 cm³/mol. The molecule has 2 N–H and O–H groups in total. The first kappa shape index (κ1) is 24.2. The second kappa shape index (κ2) is 8.86. The van der Waals surface area contributed by atoms with Gasteiger partial charge in [-0.1, -0.05) is 19.1 Å². The number of hydrogen-bond donors (Lipinski definition) is 2. The van der Waals surface area contributed by atoms with E-state index in [9.17, 15) is 9.90 Å². The van der Waals surface area contributed by atoms with Gasteiger partial charge in [0.1, 0.15) is 11.0 Å². The van der Waals surface area contributed by atoms with E-state index in [-0.39, 0.29) is 12.1 Å². The Hall–Kier alpha value is -3.82. The lowest BCUT2D eigenvalue weighted by molar-refractivity contribution is 0.0306. The summed E-state index contributed by atoms with van der Waals surface area (Å²) in [5.74, 6) is 1.58. The molecule has 2 unspecified atom stereocenters. The highest BCUT2D eigenvalue weighted by atomic mass is 16.3. The highest BCUT2D eigenvalue weighted by molar-refractivity contribution is 5.77. The van der Waals surface area contributed by atoms with Crippen molar-refractivity contribution in [2.75, 3.05) is 18.9 Å². The standard InChI is InChI=1S/C30H33N7O2/c1-4-12-36-28(38)23-15-31-29(32-22-13-19-6-7-20-16-35(3)17-21(14-22)25(19)20)34-27(23)37(36)24-9-8-18-10-11-30(39,5-2)26(18)33-24/h4,8-9,13-15,20,39H,1,5-7,10-12,16-17H2,2-3H3,(H,31,32,34). The first-order chi connectivity index (χ1) is 18.9. The van der Waals surface area contributed by atoms with Crippen LogP contribution in [0.2, 0.25) is 0 Å². The minimum atomic E-state index is -0.958. The number of hydrogen-bond acceptors (Lipinski definition) is 7. The molecule has 9 nitrogen and oxygen atoms in total. The molecule has 0 radical (unpaired) electrons. The van der Waals surface area contributed by atoms with Crippen molar-refractivity contribution >= 4 is 22.7 Å². The van der Waals surface area contributed by atoms with E-state index >= 15 is 0 Å². The van der Waals surface area contributed by atoms with E-state index in [1.807, 2.05) is 19.1 Å². The molecule has 4 heterocycles. The van der Waals surface area contributed by atoms with E-state index in [0.29, 0.717) is 47.3 Å². The molecule has 200 valence electrons. The quantitative estimate of drug-likeness (QED) is 0.370. The molecule has 39 heavy (non-hydrogen) atoms. The lowest BCUT2D eigenvalue weighted by Gasteiger charge is -2.30. The predicted octanol–water partition coefficient (Wildman–Crippen LogP) is 3.93. The van der Waals surface area contributed by atoms with Gasteiger partial charge in [0.2, 0.25) is 5.95 Å². The van der Waals surface area contributed by atoms with Gasteiger partial charge in [0.25, 0.3) is 5.56 Å². The highest BCUT2D eigenvalue weighted by Crippen LogP contribution is 2.42. The maximum absolute atomic E-state index is 13.4. The summed E-state index contributed by atoms with van der Waals surface area (Å²) in [5, 5.41) is 15.0. The summed E-state index contributed by atoms with van der Waals surface area (Å²) in [6.07, 6.45) is 7.57. The minimum absolute atomic E-state index is 0.208. The average molecular weight is 524 g/mol. The Labute approximate surface area is 226 Å². The van der Waals surface area contributed by atoms with Crippen molar-refractivity contribution in [3.63, 3.8) is 0 Å². The van der Waals surface area contributed by atoms with Gasteiger partial charge in [-0.05, 0) is 85.5 Å². The number of nitrogens with one attached hydrogen (secondary N) is 1. The highest BCUT2D eigenvalue weighted by Gasteiger charge is 2.37. The Morgan fingerprint density at radius 3 is 2.87 bits per heavy atom. The molecule has 1 aliphatic heterocycles. The molecule has 0 spiro atoms. The lowest BCUT2D eigenvalue weighted by atomic mass is 9.91. The fourth-order valence-electron chi connectivity index (χ4n) is 6.84. The zero-order valence-corrected chi connectivity index (χ0v) is 22.4. The van der Waals surface area contributed by atoms with E-state index in [0.717, 1.165) is 37.2 Å². The minimum Gasteiger partial charge on any atom is -0.384 e. The molecule has 9 heteroatoms. The molecule has 2 aliphatic carbocycles. The zero-order valence-electron chi connectivity index (χ0n) is 22.4. The fraction of sp³-hybridized carbons (Fsp3) is 0.400. The third kappa shape index (κ3) is 3.75. The molecule has 3 aliphatic rings. The van der Waals surface area contributed by atoms with Gasteiger partial charge in [0, 0.05) is 25.0 Å². The molecule has 0 saturated heterocycles. The van der Waals surface area contributed by atoms with Gasteiger partial charge in [0.15, 0.2) is 11.5 Å². The van der Waals surface area contributed by atoms with Crippen LogP contribution in [0.1, 0.15) is 60.1 Å². The summed E-state index contributed by atoms with van der Waals surface area (Å²) in [6.45, 7) is 8.16. The molecule has 0 fully saturated rings. The third-order valence-electron chi connectivity index (χ3n) is 8.74. The summed E-state index contributed by atoms with van der Waals surface area (Å²) < 4.78 is 3.30. The van der Waals surface area contributed by atoms with Crippen LogP contribution in [0.3, 0.4) is 0 Å². The summed E-state index contributed by atoms with van der Waals surface area (Å²) in [4.78, 5) is 30.0. The van der Waals surface area contributed by atoms with Gasteiger partial charge in [-0.2, -0.15) is 4.98 Å². The molecule has 1 aromatic carbocycles. The van der Waals surface area contributed by atoms with Crippen LogP contribution in [-0.4, -0.2) is 47.9 Å². The van der Waals surface area contributed by atoms with Crippen LogP contribution in [0.15, 0.2) is 47.9 Å². The number of pyridine rings is 1. The van der Waals surface area contributed by atoms with Crippen LogP contribution < -0.4 is 10.9 Å². The molecule has 2 atom stereocenters. The van der Waals surface area contributed by atoms with Crippen molar-refractivity contribution < 1.29 is 5.11 Å². The van der Waals surface area contributed by atoms with Crippen LogP contribution in [-0.2, 0) is 31.5 Å². The number of likely N-dealkylation sites (N-methyl/N-ethyl adjacent to an activating group) is 1. The summed E-state index contributed by atoms with van der Waals surface area (Å²) in [6, 6.07) is 8.33. The van der Waals surface area contributed by atoms with Crippen LogP contribution in [0.5, 0.6) is 0 Å². The lowest BCUT2D eigenvalue weighted by Crippen LogP contribution is -2.29. The number of nitrogens with zero attached hydrogens (tertiary/aromatic N) is 6. The maximum atomic E-state index is 13.4. The normalized spacial score (nSPS) is 21.8. The van der Waals surface area contributed by atoms with Crippen molar-refractivity contribution in [2.45, 2.75) is 63.6 Å². The number of aromatic nitrogens is 5. The summed E-state index contributed by atoms with van der Waals surface area (Å²) >= 11 is 0. The SMILES string of the molecule is C=CCn1c(=O)c2cnc(Nc3cc4c5c(c3)CN(C)CC5CC4)nc2n1-c1ccc2c(n1)C(O)(CC)CC2. The number of anilines is 2. The topological polar surface area (TPSA) is 101 Å². The van der Waals surface area contributed by atoms with Crippen LogP contribution in [0, 0.1) is 0 Å². The van der Waals surface area contributed by atoms with Crippen LogP contribution >= 0.6 is 0 Å². The van der Waals surface area contributed by atoms with Gasteiger partial charge in [-0.25, -0.2) is 19.3 Å². The molecular weight excluding hydrogens is 490 g/mol. The van der Waals surface area contributed by atoms with Gasteiger partial charge in [-0.15, -0.1) is 6.58 Å². The molecule has 3 aromatic heterocycles. The van der Waals surface area contributed by atoms with Crippen LogP contribution in [0.4, 0.5) is 11.6 Å². The Balaban J connectivity index is 1.33. The van der Waals surface area contributed by atoms with Crippen LogP contribution in [0.25, 0.3) is 16.9 Å². The number of rotatable bonds is 6. The molecule has 0 amide bonds. The van der Waals surface area contributed by atoms with Crippen molar-refractivity contribution in [3.8, 4) is 5.82 Å². The second-order valence-electron chi connectivity index (χ2n) is 11.2. The fourth-order valence-corrected chi connectivity index (χ4v) is 6.84. The summed E-state index contributed by atoms with van der Waals surface area (Å²) in [5.41, 5.74) is 6.30. The molecule has 0 bridgehead atoms. The van der Waals surface area contributed by atoms with Crippen molar-refractivity contribution in [2.24, 2.45) is 0 Å². The smallest absolute Gasteiger partial charge is 0.278 e. The van der Waals surface area contributed by atoms with Gasteiger partial charge in [0.05, 0.1) is 12.2 Å².